The van der Waals surface area contributed by atoms with Gasteiger partial charge in [-0.05, 0) is 0 Å². The molecule has 5 N–H and O–H groups in total. The Morgan fingerprint density at radius 2 is 2.00 bits per heavy atom. The highest BCUT2D eigenvalue weighted by Gasteiger charge is 2.43. The molecule has 10 nitrogen and oxygen atoms in total. The fourth-order valence-corrected chi connectivity index (χ4v) is 1.94. The maximum absolute atomic E-state index is 11.6. The average Bonchev–Trinajstić information content (AvgIpc) is 2.66. The lowest BCUT2D eigenvalue weighted by Gasteiger charge is -2.17. The molecule has 110 valence electrons. The van der Waals surface area contributed by atoms with Crippen molar-refractivity contribution in [2.75, 3.05) is 6.61 Å². The van der Waals surface area contributed by atoms with Gasteiger partial charge >= 0.3 is 11.7 Å². The smallest absolute Gasteiger partial charge is 0.342 e. The Morgan fingerprint density at radius 3 is 2.50 bits per heavy atom. The molecular formula is C10H12N2O8. The number of aromatic nitrogens is 2. The van der Waals surface area contributed by atoms with Crippen molar-refractivity contribution in [1.82, 2.24) is 9.55 Å². The minimum Gasteiger partial charge on any atom is -0.477 e. The Bertz CT molecular complexity index is 635. The predicted octanol–water partition coefficient (Wildman–Crippen LogP) is -3.15. The molecule has 1 aromatic rings. The monoisotopic (exact) mass is 288 g/mol. The minimum absolute atomic E-state index is 0.599. The van der Waals surface area contributed by atoms with Crippen molar-refractivity contribution in [2.45, 2.75) is 24.5 Å². The van der Waals surface area contributed by atoms with Crippen LogP contribution in [0.5, 0.6) is 0 Å². The normalized spacial score (nSPS) is 29.6. The van der Waals surface area contributed by atoms with E-state index in [-0.39, 0.29) is 0 Å². The van der Waals surface area contributed by atoms with Gasteiger partial charge in [-0.15, -0.1) is 0 Å². The number of aliphatic hydroxyl groups is 3. The Kier molecular flexibility index (Phi) is 3.72. The second-order valence-corrected chi connectivity index (χ2v) is 4.24. The van der Waals surface area contributed by atoms with Crippen molar-refractivity contribution < 1.29 is 30.0 Å². The van der Waals surface area contributed by atoms with Crippen molar-refractivity contribution in [1.29, 1.82) is 0 Å². The average molecular weight is 288 g/mol. The van der Waals surface area contributed by atoms with Gasteiger partial charge in [-0.3, -0.25) is 14.3 Å². The van der Waals surface area contributed by atoms with Crippen LogP contribution in [0.1, 0.15) is 16.6 Å². The van der Waals surface area contributed by atoms with Crippen LogP contribution in [0.4, 0.5) is 0 Å². The molecule has 0 radical (unpaired) electrons. The predicted molar refractivity (Wildman–Crippen MR) is 61.3 cm³/mol. The van der Waals surface area contributed by atoms with E-state index in [4.69, 9.17) is 14.9 Å². The molecule has 0 spiro atoms. The molecular weight excluding hydrogens is 276 g/mol. The first-order chi connectivity index (χ1) is 9.36. The molecule has 0 amide bonds. The van der Waals surface area contributed by atoms with Gasteiger partial charge in [-0.1, -0.05) is 0 Å². The molecule has 0 unspecified atom stereocenters. The van der Waals surface area contributed by atoms with Gasteiger partial charge in [-0.25, -0.2) is 9.59 Å². The first-order valence-corrected chi connectivity index (χ1v) is 5.58. The molecule has 10 heteroatoms. The van der Waals surface area contributed by atoms with Gasteiger partial charge in [0.1, 0.15) is 23.9 Å². The summed E-state index contributed by atoms with van der Waals surface area (Å²) < 4.78 is 5.72. The van der Waals surface area contributed by atoms with Crippen LogP contribution in [-0.4, -0.2) is 60.9 Å². The number of H-pyrrole nitrogens is 1. The molecule has 1 saturated heterocycles. The third kappa shape index (κ3) is 2.25. The zero-order valence-corrected chi connectivity index (χ0v) is 9.96. The Morgan fingerprint density at radius 1 is 1.35 bits per heavy atom. The molecule has 0 saturated carbocycles. The quantitative estimate of drug-likeness (QED) is 0.389. The van der Waals surface area contributed by atoms with Crippen molar-refractivity contribution in [3.05, 3.63) is 32.6 Å². The number of aromatic amines is 1. The number of hydrogen-bond donors (Lipinski definition) is 5. The standard InChI is InChI=1S/C10H12N2O8/c13-2-4-5(14)6(15)8(20-4)12-1-3(9(17)18)7(16)11-10(12)19/h1,4-6,8,13-15H,2H2,(H,17,18)(H,11,16,19)/t4-,5-,6-,8-/m1/s1. The van der Waals surface area contributed by atoms with E-state index >= 15 is 0 Å². The first-order valence-electron chi connectivity index (χ1n) is 5.58. The number of hydrogen-bond acceptors (Lipinski definition) is 7. The number of nitrogens with one attached hydrogen (secondary N) is 1. The lowest BCUT2D eigenvalue weighted by atomic mass is 10.1. The third-order valence-corrected chi connectivity index (χ3v) is 2.99. The molecule has 1 fully saturated rings. The second kappa shape index (κ2) is 5.17. The van der Waals surface area contributed by atoms with E-state index in [1.807, 2.05) is 0 Å². The van der Waals surface area contributed by atoms with Gasteiger partial charge in [0, 0.05) is 6.20 Å². The van der Waals surface area contributed by atoms with Crippen LogP contribution < -0.4 is 11.2 Å². The summed E-state index contributed by atoms with van der Waals surface area (Å²) in [6.07, 6.45) is -4.83. The lowest BCUT2D eigenvalue weighted by Crippen LogP contribution is -2.39. The van der Waals surface area contributed by atoms with Gasteiger partial charge in [0.05, 0.1) is 6.61 Å². The summed E-state index contributed by atoms with van der Waals surface area (Å²) in [5, 5.41) is 37.1. The number of nitrogens with zero attached hydrogens (tertiary/aromatic N) is 1. The van der Waals surface area contributed by atoms with Gasteiger partial charge in [0.25, 0.3) is 5.56 Å². The molecule has 20 heavy (non-hydrogen) atoms. The van der Waals surface area contributed by atoms with Crippen molar-refractivity contribution in [2.24, 2.45) is 0 Å². The van der Waals surface area contributed by atoms with E-state index in [0.29, 0.717) is 10.8 Å². The van der Waals surface area contributed by atoms with Crippen LogP contribution in [0.25, 0.3) is 0 Å². The molecule has 2 rings (SSSR count). The molecule has 4 atom stereocenters. The second-order valence-electron chi connectivity index (χ2n) is 4.24. The Hall–Kier alpha value is -2.01. The van der Waals surface area contributed by atoms with Crippen molar-refractivity contribution in [3.63, 3.8) is 0 Å². The molecule has 0 aromatic carbocycles. The largest absolute Gasteiger partial charge is 0.477 e. The summed E-state index contributed by atoms with van der Waals surface area (Å²) in [5.74, 6) is -1.56. The zero-order valence-electron chi connectivity index (χ0n) is 9.96. The molecule has 0 aliphatic carbocycles. The SMILES string of the molecule is O=C(O)c1cn([C@@H]2O[C@H](CO)[C@@H](O)[C@H]2O)c(=O)[nH]c1=O. The summed E-state index contributed by atoms with van der Waals surface area (Å²) in [4.78, 5) is 35.5. The van der Waals surface area contributed by atoms with Crippen LogP contribution in [0.2, 0.25) is 0 Å². The van der Waals surface area contributed by atoms with Gasteiger partial charge in [0.2, 0.25) is 0 Å². The molecule has 2 heterocycles. The highest BCUT2D eigenvalue weighted by Crippen LogP contribution is 2.27. The maximum atomic E-state index is 11.6. The third-order valence-electron chi connectivity index (χ3n) is 2.99. The Labute approximate surface area is 110 Å². The summed E-state index contributed by atoms with van der Waals surface area (Å²) in [6.45, 7) is -0.599. The number of aromatic carboxylic acids is 1. The van der Waals surface area contributed by atoms with Crippen LogP contribution >= 0.6 is 0 Å². The van der Waals surface area contributed by atoms with Crippen LogP contribution in [0.15, 0.2) is 15.8 Å². The fraction of sp³-hybridized carbons (Fsp3) is 0.500. The van der Waals surface area contributed by atoms with Gasteiger partial charge < -0.3 is 25.2 Å². The van der Waals surface area contributed by atoms with E-state index in [9.17, 15) is 24.6 Å². The molecule has 1 aromatic heterocycles. The molecule has 1 aliphatic heterocycles. The number of rotatable bonds is 3. The van der Waals surface area contributed by atoms with Crippen LogP contribution in [0, 0.1) is 0 Å². The Balaban J connectivity index is 2.48. The van der Waals surface area contributed by atoms with Crippen molar-refractivity contribution >= 4 is 5.97 Å². The van der Waals surface area contributed by atoms with E-state index in [0.717, 1.165) is 0 Å². The number of carbonyl (C=O) groups is 1. The number of aliphatic hydroxyl groups excluding tert-OH is 3. The first kappa shape index (κ1) is 14.4. The highest BCUT2D eigenvalue weighted by molar-refractivity contribution is 5.86. The van der Waals surface area contributed by atoms with Crippen LogP contribution in [-0.2, 0) is 4.74 Å². The van der Waals surface area contributed by atoms with Gasteiger partial charge in [-0.2, -0.15) is 0 Å². The van der Waals surface area contributed by atoms with E-state index in [1.165, 1.54) is 0 Å². The van der Waals surface area contributed by atoms with Crippen LogP contribution in [0.3, 0.4) is 0 Å². The topological polar surface area (TPSA) is 162 Å². The number of ether oxygens (including phenoxy) is 1. The highest BCUT2D eigenvalue weighted by atomic mass is 16.6. The fourth-order valence-electron chi connectivity index (χ4n) is 1.94. The van der Waals surface area contributed by atoms with E-state index in [1.54, 1.807) is 4.98 Å². The maximum Gasteiger partial charge on any atom is 0.342 e. The molecule has 1 aliphatic rings. The van der Waals surface area contributed by atoms with Crippen molar-refractivity contribution in [3.8, 4) is 0 Å². The number of carboxylic acid groups (broad SMARTS) is 1. The summed E-state index contributed by atoms with van der Waals surface area (Å²) in [7, 11) is 0. The summed E-state index contributed by atoms with van der Waals surface area (Å²) in [6, 6.07) is 0. The summed E-state index contributed by atoms with van der Waals surface area (Å²) in [5.41, 5.74) is -2.82. The molecule has 0 bridgehead atoms. The van der Waals surface area contributed by atoms with Gasteiger partial charge in [0.15, 0.2) is 6.23 Å². The van der Waals surface area contributed by atoms with E-state index in [2.05, 4.69) is 0 Å². The minimum atomic E-state index is -1.56. The lowest BCUT2D eigenvalue weighted by molar-refractivity contribution is -0.0551. The summed E-state index contributed by atoms with van der Waals surface area (Å²) >= 11 is 0. The number of carboxylic acids is 1. The zero-order chi connectivity index (χ0) is 15.0. The van der Waals surface area contributed by atoms with E-state index < -0.39 is 53.9 Å².